The summed E-state index contributed by atoms with van der Waals surface area (Å²) in [6.45, 7) is 2.99. The second-order valence-electron chi connectivity index (χ2n) is 7.49. The van der Waals surface area contributed by atoms with Crippen molar-refractivity contribution >= 4 is 12.2 Å². The minimum atomic E-state index is 0.529. The van der Waals surface area contributed by atoms with Crippen LogP contribution in [-0.4, -0.2) is 35.1 Å². The number of hydrogen-bond donors (Lipinski definition) is 1. The highest BCUT2D eigenvalue weighted by Crippen LogP contribution is 2.37. The molecular formula is C23H23N3O. The molecule has 1 unspecified atom stereocenters. The molecule has 4 heterocycles. The van der Waals surface area contributed by atoms with Crippen molar-refractivity contribution in [2.75, 3.05) is 13.1 Å². The van der Waals surface area contributed by atoms with Gasteiger partial charge < -0.3 is 9.73 Å². The first-order valence-electron chi connectivity index (χ1n) is 9.54. The van der Waals surface area contributed by atoms with E-state index in [1.165, 1.54) is 23.1 Å². The maximum atomic E-state index is 5.08. The van der Waals surface area contributed by atoms with Crippen LogP contribution in [0.25, 0.3) is 12.2 Å². The molecule has 2 bridgehead atoms. The van der Waals surface area contributed by atoms with Crippen molar-refractivity contribution in [3.8, 4) is 0 Å². The third-order valence-corrected chi connectivity index (χ3v) is 5.66. The molecule has 1 N–H and O–H groups in total. The van der Waals surface area contributed by atoms with Crippen molar-refractivity contribution in [2.45, 2.75) is 24.5 Å². The molecule has 4 nitrogen and oxygen atoms in total. The summed E-state index contributed by atoms with van der Waals surface area (Å²) >= 11 is 0. The summed E-state index contributed by atoms with van der Waals surface area (Å²) in [6, 6.07) is 20.5. The van der Waals surface area contributed by atoms with Crippen molar-refractivity contribution in [2.24, 2.45) is 0 Å². The number of aromatic nitrogens is 1. The number of nitrogens with zero attached hydrogens (tertiary/aromatic N) is 2. The van der Waals surface area contributed by atoms with E-state index in [-0.39, 0.29) is 0 Å². The van der Waals surface area contributed by atoms with Crippen LogP contribution >= 0.6 is 0 Å². The van der Waals surface area contributed by atoms with Gasteiger partial charge >= 0.3 is 0 Å². The largest absolute Gasteiger partial charge is 0.451 e. The van der Waals surface area contributed by atoms with E-state index in [4.69, 9.17) is 4.42 Å². The first kappa shape index (κ1) is 16.5. The van der Waals surface area contributed by atoms with Crippen LogP contribution in [0.5, 0.6) is 0 Å². The Bertz CT molecular complexity index is 891. The minimum absolute atomic E-state index is 0.529. The predicted molar refractivity (Wildman–Crippen MR) is 107 cm³/mol. The minimum Gasteiger partial charge on any atom is -0.451 e. The fraction of sp³-hybridized carbons (Fsp3) is 0.261. The highest BCUT2D eigenvalue weighted by molar-refractivity contribution is 5.69. The van der Waals surface area contributed by atoms with E-state index in [2.05, 4.69) is 75.9 Å². The molecule has 3 fully saturated rings. The monoisotopic (exact) mass is 357 g/mol. The molecule has 0 radical (unpaired) electrons. The lowest BCUT2D eigenvalue weighted by molar-refractivity contribution is 0.0463. The Morgan fingerprint density at radius 2 is 1.67 bits per heavy atom. The summed E-state index contributed by atoms with van der Waals surface area (Å²) in [5, 5.41) is 3.70. The zero-order valence-electron chi connectivity index (χ0n) is 15.2. The zero-order chi connectivity index (χ0) is 18.1. The molecule has 0 saturated carbocycles. The summed E-state index contributed by atoms with van der Waals surface area (Å²) in [5.74, 6) is 0.616. The van der Waals surface area contributed by atoms with E-state index < -0.39 is 0 Å². The average Bonchev–Trinajstić information content (AvgIpc) is 3.21. The summed E-state index contributed by atoms with van der Waals surface area (Å²) in [6.07, 6.45) is 7.59. The molecule has 3 saturated heterocycles. The van der Waals surface area contributed by atoms with Gasteiger partial charge in [-0.2, -0.15) is 0 Å². The van der Waals surface area contributed by atoms with Gasteiger partial charge in [0.15, 0.2) is 6.39 Å². The number of nitrogens with one attached hydrogen (secondary N) is 1. The Morgan fingerprint density at radius 3 is 2.33 bits per heavy atom. The van der Waals surface area contributed by atoms with Gasteiger partial charge in [-0.25, -0.2) is 4.98 Å². The summed E-state index contributed by atoms with van der Waals surface area (Å²) in [5.41, 5.74) is 4.93. The van der Waals surface area contributed by atoms with E-state index in [0.717, 1.165) is 25.3 Å². The van der Waals surface area contributed by atoms with Crippen LogP contribution in [0.3, 0.4) is 0 Å². The van der Waals surface area contributed by atoms with Crippen LogP contribution in [-0.2, 0) is 6.54 Å². The average molecular weight is 357 g/mol. The zero-order valence-corrected chi connectivity index (χ0v) is 15.2. The molecule has 4 heteroatoms. The number of fused-ring (bicyclic) bond motifs is 2. The number of hydrogen-bond acceptors (Lipinski definition) is 4. The maximum Gasteiger partial charge on any atom is 0.180 e. The van der Waals surface area contributed by atoms with Crippen molar-refractivity contribution in [1.29, 1.82) is 0 Å². The Morgan fingerprint density at radius 1 is 0.963 bits per heavy atom. The summed E-state index contributed by atoms with van der Waals surface area (Å²) in [4.78, 5) is 6.71. The molecule has 0 aliphatic carbocycles. The number of rotatable bonds is 5. The van der Waals surface area contributed by atoms with E-state index in [9.17, 15) is 0 Å². The number of benzene rings is 2. The summed E-state index contributed by atoms with van der Waals surface area (Å²) < 4.78 is 5.08. The third kappa shape index (κ3) is 3.46. The Hall–Kier alpha value is -2.69. The van der Waals surface area contributed by atoms with E-state index in [1.54, 1.807) is 6.26 Å². The van der Waals surface area contributed by atoms with Crippen LogP contribution < -0.4 is 5.32 Å². The van der Waals surface area contributed by atoms with Crippen LogP contribution in [0.1, 0.15) is 28.3 Å². The van der Waals surface area contributed by atoms with Gasteiger partial charge in [0, 0.05) is 37.6 Å². The fourth-order valence-corrected chi connectivity index (χ4v) is 4.33. The van der Waals surface area contributed by atoms with Gasteiger partial charge in [-0.3, -0.25) is 4.90 Å². The molecule has 27 heavy (non-hydrogen) atoms. The molecule has 3 aliphatic rings. The van der Waals surface area contributed by atoms with Crippen molar-refractivity contribution in [1.82, 2.24) is 15.2 Å². The first-order chi connectivity index (χ1) is 13.3. The maximum absolute atomic E-state index is 5.08. The van der Waals surface area contributed by atoms with E-state index >= 15 is 0 Å². The fourth-order valence-electron chi connectivity index (χ4n) is 4.33. The second-order valence-corrected chi connectivity index (χ2v) is 7.49. The smallest absolute Gasteiger partial charge is 0.180 e. The first-order valence-corrected chi connectivity index (χ1v) is 9.54. The number of piperazine rings is 1. The molecule has 3 atom stereocenters. The number of piperidine rings is 1. The third-order valence-electron chi connectivity index (χ3n) is 5.66. The van der Waals surface area contributed by atoms with Gasteiger partial charge in [-0.05, 0) is 16.7 Å². The van der Waals surface area contributed by atoms with Crippen molar-refractivity contribution in [3.05, 3.63) is 89.6 Å². The quantitative estimate of drug-likeness (QED) is 0.706. The van der Waals surface area contributed by atoms with Gasteiger partial charge in [0.2, 0.25) is 0 Å². The topological polar surface area (TPSA) is 41.3 Å². The van der Waals surface area contributed by atoms with Crippen LogP contribution in [0.4, 0.5) is 0 Å². The predicted octanol–water partition coefficient (Wildman–Crippen LogP) is 3.78. The Kier molecular flexibility index (Phi) is 4.36. The van der Waals surface area contributed by atoms with Gasteiger partial charge in [-0.1, -0.05) is 66.7 Å². The normalized spacial score (nSPS) is 24.8. The highest BCUT2D eigenvalue weighted by Gasteiger charge is 2.46. The molecular weight excluding hydrogens is 334 g/mol. The molecule has 3 aromatic rings. The van der Waals surface area contributed by atoms with Gasteiger partial charge in [0.25, 0.3) is 0 Å². The molecule has 3 aliphatic heterocycles. The molecule has 6 rings (SSSR count). The van der Waals surface area contributed by atoms with Crippen LogP contribution in [0.15, 0.2) is 71.7 Å². The molecule has 136 valence electrons. The second kappa shape index (κ2) is 7.14. The van der Waals surface area contributed by atoms with E-state index in [1.807, 2.05) is 6.07 Å². The van der Waals surface area contributed by atoms with Gasteiger partial charge in [-0.15, -0.1) is 0 Å². The lowest BCUT2D eigenvalue weighted by Gasteiger charge is -2.54. The number of oxazole rings is 1. The van der Waals surface area contributed by atoms with Gasteiger partial charge in [0.05, 0.1) is 5.69 Å². The molecule has 2 aromatic carbocycles. The molecule has 1 aromatic heterocycles. The molecule has 0 amide bonds. The Balaban J connectivity index is 1.22. The summed E-state index contributed by atoms with van der Waals surface area (Å²) in [7, 11) is 0. The highest BCUT2D eigenvalue weighted by atomic mass is 16.3. The SMILES string of the molecule is C(=Cc1ccc(C2[C@@H]3CN(Cc4cocn4)C[C@H]2N3)cc1)c1ccccc1. The van der Waals surface area contributed by atoms with Crippen molar-refractivity contribution in [3.63, 3.8) is 0 Å². The van der Waals surface area contributed by atoms with Crippen LogP contribution in [0, 0.1) is 0 Å². The molecule has 0 spiro atoms. The van der Waals surface area contributed by atoms with Crippen molar-refractivity contribution < 1.29 is 4.42 Å². The standard InChI is InChI=1S/C23H23N3O/c1-2-4-17(5-3-1)6-7-18-8-10-19(11-9-18)23-21-13-26(14-22(23)25-21)12-20-15-27-16-24-20/h1-11,15-16,21-23,25H,12-14H2/t21-,22+,23?. The van der Waals surface area contributed by atoms with Gasteiger partial charge in [0.1, 0.15) is 6.26 Å². The Labute approximate surface area is 159 Å². The lowest BCUT2D eigenvalue weighted by atomic mass is 9.74. The lowest BCUT2D eigenvalue weighted by Crippen LogP contribution is -2.71. The van der Waals surface area contributed by atoms with Crippen LogP contribution in [0.2, 0.25) is 0 Å². The van der Waals surface area contributed by atoms with E-state index in [0.29, 0.717) is 18.0 Å².